The van der Waals surface area contributed by atoms with Gasteiger partial charge in [-0.25, -0.2) is 19.6 Å². The minimum absolute atomic E-state index is 0.243. The van der Waals surface area contributed by atoms with Crippen LogP contribution in [-0.4, -0.2) is 52.4 Å². The molecule has 0 saturated carbocycles. The van der Waals surface area contributed by atoms with E-state index in [0.29, 0.717) is 44.4 Å². The van der Waals surface area contributed by atoms with E-state index in [1.807, 2.05) is 52.0 Å². The lowest BCUT2D eigenvalue weighted by molar-refractivity contribution is 0.0240. The fourth-order valence-electron chi connectivity index (χ4n) is 4.21. The molecule has 1 saturated heterocycles. The van der Waals surface area contributed by atoms with Gasteiger partial charge in [-0.2, -0.15) is 0 Å². The van der Waals surface area contributed by atoms with Gasteiger partial charge in [0.15, 0.2) is 5.82 Å². The molecule has 2 N–H and O–H groups in total. The van der Waals surface area contributed by atoms with Crippen molar-refractivity contribution >= 4 is 17.8 Å². The first kappa shape index (κ1) is 23.9. The zero-order valence-electron chi connectivity index (χ0n) is 20.3. The van der Waals surface area contributed by atoms with Crippen LogP contribution in [0.2, 0.25) is 0 Å². The molecule has 0 unspecified atom stereocenters. The highest BCUT2D eigenvalue weighted by Gasteiger charge is 2.33. The molecule has 2 aromatic rings. The Morgan fingerprint density at radius 2 is 1.82 bits per heavy atom. The van der Waals surface area contributed by atoms with Crippen molar-refractivity contribution < 1.29 is 19.1 Å². The average Bonchev–Trinajstić information content (AvgIpc) is 3.23. The predicted octanol–water partition coefficient (Wildman–Crippen LogP) is 4.43. The highest BCUT2D eigenvalue weighted by molar-refractivity contribution is 5.89. The number of carbonyl (C=O) groups is 2. The van der Waals surface area contributed by atoms with Gasteiger partial charge in [0.05, 0.1) is 24.5 Å². The maximum Gasteiger partial charge on any atom is 0.410 e. The van der Waals surface area contributed by atoms with Gasteiger partial charge in [-0.1, -0.05) is 0 Å². The Labute approximate surface area is 200 Å². The molecular weight excluding hydrogens is 434 g/mol. The van der Waals surface area contributed by atoms with Crippen LogP contribution in [-0.2, 0) is 22.6 Å². The molecule has 0 spiro atoms. The molecule has 0 aliphatic carbocycles. The maximum absolute atomic E-state index is 12.7. The lowest BCUT2D eigenvalue weighted by atomic mass is 9.92. The Kier molecular flexibility index (Phi) is 7.02. The number of rotatable bonds is 4. The van der Waals surface area contributed by atoms with Gasteiger partial charge in [0.25, 0.3) is 0 Å². The molecule has 34 heavy (non-hydrogen) atoms. The number of carbonyl (C=O) groups excluding carboxylic acids is 2. The van der Waals surface area contributed by atoms with E-state index in [0.717, 1.165) is 35.4 Å². The van der Waals surface area contributed by atoms with Crippen molar-refractivity contribution in [2.24, 2.45) is 0 Å². The molecule has 2 aliphatic rings. The van der Waals surface area contributed by atoms with Crippen molar-refractivity contribution in [3.63, 3.8) is 0 Å². The molecule has 1 aromatic carbocycles. The van der Waals surface area contributed by atoms with E-state index >= 15 is 0 Å². The van der Waals surface area contributed by atoms with Crippen molar-refractivity contribution in [1.82, 2.24) is 20.2 Å². The number of benzene rings is 1. The summed E-state index contributed by atoms with van der Waals surface area (Å²) < 4.78 is 11.2. The van der Waals surface area contributed by atoms with Crippen molar-refractivity contribution in [2.75, 3.05) is 25.1 Å². The molecule has 0 radical (unpaired) electrons. The smallest absolute Gasteiger partial charge is 0.410 e. The summed E-state index contributed by atoms with van der Waals surface area (Å²) in [5.74, 6) is 0.886. The minimum Gasteiger partial charge on any atom is -0.444 e. The number of nitrogens with zero attached hydrogens (tertiary/aromatic N) is 3. The van der Waals surface area contributed by atoms with E-state index in [1.54, 1.807) is 4.90 Å². The van der Waals surface area contributed by atoms with E-state index in [-0.39, 0.29) is 18.0 Å². The maximum atomic E-state index is 12.7. The third-order valence-electron chi connectivity index (χ3n) is 5.81. The van der Waals surface area contributed by atoms with Crippen LogP contribution < -0.4 is 10.6 Å². The normalized spacial score (nSPS) is 16.2. The van der Waals surface area contributed by atoms with Gasteiger partial charge in [-0.05, 0) is 64.8 Å². The van der Waals surface area contributed by atoms with E-state index in [1.165, 1.54) is 0 Å². The molecule has 3 amide bonds. The first-order valence-corrected chi connectivity index (χ1v) is 11.8. The molecule has 1 aromatic heterocycles. The monoisotopic (exact) mass is 467 g/mol. The average molecular weight is 468 g/mol. The molecule has 182 valence electrons. The molecular formula is C25H33N5O4. The molecule has 1 fully saturated rings. The molecule has 9 nitrogen and oxygen atoms in total. The van der Waals surface area contributed by atoms with Gasteiger partial charge in [0, 0.05) is 42.5 Å². The highest BCUT2D eigenvalue weighted by Crippen LogP contribution is 2.35. The number of urea groups is 1. The van der Waals surface area contributed by atoms with Gasteiger partial charge >= 0.3 is 12.1 Å². The van der Waals surface area contributed by atoms with Crippen molar-refractivity contribution in [1.29, 1.82) is 0 Å². The molecule has 3 heterocycles. The van der Waals surface area contributed by atoms with Gasteiger partial charge in [0.1, 0.15) is 5.60 Å². The summed E-state index contributed by atoms with van der Waals surface area (Å²) in [5.41, 5.74) is 3.87. The van der Waals surface area contributed by atoms with E-state index in [9.17, 15) is 9.59 Å². The summed E-state index contributed by atoms with van der Waals surface area (Å²) in [6, 6.07) is 7.23. The van der Waals surface area contributed by atoms with Crippen LogP contribution in [0, 0.1) is 0 Å². The Balaban J connectivity index is 1.62. The van der Waals surface area contributed by atoms with Crippen molar-refractivity contribution in [3.8, 4) is 11.4 Å². The molecule has 4 rings (SSSR count). The second-order valence-corrected chi connectivity index (χ2v) is 9.64. The fraction of sp³-hybridized carbons (Fsp3) is 0.520. The summed E-state index contributed by atoms with van der Waals surface area (Å²) in [5, 5.41) is 5.51. The number of ether oxygens (including phenoxy) is 2. The number of hydrogen-bond acceptors (Lipinski definition) is 6. The minimum atomic E-state index is -0.559. The lowest BCUT2D eigenvalue weighted by Gasteiger charge is -2.25. The van der Waals surface area contributed by atoms with Gasteiger partial charge in [-0.15, -0.1) is 0 Å². The fourth-order valence-corrected chi connectivity index (χ4v) is 4.21. The number of hydrogen-bond donors (Lipinski definition) is 2. The van der Waals surface area contributed by atoms with Crippen LogP contribution in [0.1, 0.15) is 63.4 Å². The number of amides is 3. The number of anilines is 1. The lowest BCUT2D eigenvalue weighted by Crippen LogP contribution is -2.33. The molecule has 0 atom stereocenters. The molecule has 0 bridgehead atoms. The number of aromatic nitrogens is 2. The van der Waals surface area contributed by atoms with Gasteiger partial charge < -0.3 is 20.1 Å². The second-order valence-electron chi connectivity index (χ2n) is 9.64. The zero-order valence-corrected chi connectivity index (χ0v) is 20.3. The molecule has 2 aliphatic heterocycles. The topological polar surface area (TPSA) is 106 Å². The van der Waals surface area contributed by atoms with E-state index in [2.05, 4.69) is 10.6 Å². The summed E-state index contributed by atoms with van der Waals surface area (Å²) in [6.45, 7) is 10.3. The third kappa shape index (κ3) is 5.64. The Bertz CT molecular complexity index is 1040. The van der Waals surface area contributed by atoms with Crippen LogP contribution in [0.5, 0.6) is 0 Å². The summed E-state index contributed by atoms with van der Waals surface area (Å²) in [7, 11) is 0. The van der Waals surface area contributed by atoms with E-state index in [4.69, 9.17) is 19.4 Å². The van der Waals surface area contributed by atoms with Gasteiger partial charge in [-0.3, -0.25) is 4.90 Å². The Morgan fingerprint density at radius 1 is 1.12 bits per heavy atom. The van der Waals surface area contributed by atoms with Gasteiger partial charge in [0.2, 0.25) is 0 Å². The van der Waals surface area contributed by atoms with Crippen molar-refractivity contribution in [2.45, 2.75) is 65.1 Å². The summed E-state index contributed by atoms with van der Waals surface area (Å²) in [4.78, 5) is 36.0. The van der Waals surface area contributed by atoms with Crippen LogP contribution in [0.15, 0.2) is 24.3 Å². The Morgan fingerprint density at radius 3 is 2.47 bits per heavy atom. The first-order chi connectivity index (χ1) is 16.2. The van der Waals surface area contributed by atoms with Crippen LogP contribution in [0.25, 0.3) is 11.4 Å². The zero-order chi connectivity index (χ0) is 24.3. The third-order valence-corrected chi connectivity index (χ3v) is 5.81. The number of fused-ring (bicyclic) bond motifs is 1. The van der Waals surface area contributed by atoms with Crippen LogP contribution in [0.3, 0.4) is 0 Å². The molecule has 9 heteroatoms. The second kappa shape index (κ2) is 9.97. The Hall–Kier alpha value is -3.20. The number of nitrogens with one attached hydrogen (secondary N) is 2. The van der Waals surface area contributed by atoms with Crippen LogP contribution >= 0.6 is 0 Å². The summed E-state index contributed by atoms with van der Waals surface area (Å²) >= 11 is 0. The predicted molar refractivity (Wildman–Crippen MR) is 128 cm³/mol. The van der Waals surface area contributed by atoms with E-state index < -0.39 is 5.60 Å². The highest BCUT2D eigenvalue weighted by atomic mass is 16.6. The first-order valence-electron chi connectivity index (χ1n) is 11.8. The largest absolute Gasteiger partial charge is 0.444 e. The van der Waals surface area contributed by atoms with Crippen LogP contribution in [0.4, 0.5) is 15.3 Å². The summed E-state index contributed by atoms with van der Waals surface area (Å²) in [6.07, 6.45) is 1.45. The van der Waals surface area contributed by atoms with Crippen molar-refractivity contribution in [3.05, 3.63) is 41.2 Å². The standard InChI is InChI=1S/C25H33N5O4/c1-5-26-23(31)27-18-8-6-17(7-9-18)22-28-20-15-30(24(32)34-25(2,3)4)14-19(20)21(29-22)16-10-12-33-13-11-16/h6-9,16H,5,10-15H2,1-4H3,(H2,26,27,31). The SMILES string of the molecule is CCNC(=O)Nc1ccc(-c2nc3c(c(C4CCOCC4)n2)CN(C(=O)OC(C)(C)C)C3)cc1. The quantitative estimate of drug-likeness (QED) is 0.689.